The van der Waals surface area contributed by atoms with Gasteiger partial charge in [-0.25, -0.2) is 0 Å². The maximum atomic E-state index is 11.1. The van der Waals surface area contributed by atoms with E-state index in [-0.39, 0.29) is 11.9 Å². The van der Waals surface area contributed by atoms with Crippen LogP contribution in [-0.4, -0.2) is 38.9 Å². The number of morpholine rings is 1. The van der Waals surface area contributed by atoms with Crippen LogP contribution in [0.2, 0.25) is 0 Å². The molecule has 4 heteroatoms. The van der Waals surface area contributed by atoms with Gasteiger partial charge in [-0.15, -0.1) is 0 Å². The monoisotopic (exact) mass is 187 g/mol. The minimum Gasteiger partial charge on any atom is -0.469 e. The molecule has 0 radical (unpaired) electrons. The number of carbonyl (C=O) groups is 1. The zero-order chi connectivity index (χ0) is 9.68. The molecule has 4 nitrogen and oxygen atoms in total. The first-order chi connectivity index (χ1) is 6.24. The fourth-order valence-electron chi connectivity index (χ4n) is 1.50. The summed E-state index contributed by atoms with van der Waals surface area (Å²) < 4.78 is 9.93. The van der Waals surface area contributed by atoms with Gasteiger partial charge in [0.1, 0.15) is 0 Å². The molecule has 1 aliphatic heterocycles. The SMILES string of the molecule is COC(=O)C(C)CC1COCCN1. The molecular formula is C9H17NO3. The summed E-state index contributed by atoms with van der Waals surface area (Å²) in [5, 5.41) is 3.30. The highest BCUT2D eigenvalue weighted by Crippen LogP contribution is 2.09. The summed E-state index contributed by atoms with van der Waals surface area (Å²) in [5.74, 6) is -0.198. The highest BCUT2D eigenvalue weighted by Gasteiger charge is 2.20. The Kier molecular flexibility index (Phi) is 4.18. The van der Waals surface area contributed by atoms with Crippen LogP contribution >= 0.6 is 0 Å². The van der Waals surface area contributed by atoms with Crippen LogP contribution < -0.4 is 5.32 Å². The van der Waals surface area contributed by atoms with Crippen molar-refractivity contribution < 1.29 is 14.3 Å². The Bertz CT molecular complexity index is 166. The Labute approximate surface area is 78.6 Å². The van der Waals surface area contributed by atoms with Crippen molar-refractivity contribution in [3.05, 3.63) is 0 Å². The molecule has 0 aromatic carbocycles. The quantitative estimate of drug-likeness (QED) is 0.640. The van der Waals surface area contributed by atoms with Gasteiger partial charge in [0.25, 0.3) is 0 Å². The summed E-state index contributed by atoms with van der Waals surface area (Å²) in [6, 6.07) is 0.294. The van der Waals surface area contributed by atoms with Crippen molar-refractivity contribution >= 4 is 5.97 Å². The summed E-state index contributed by atoms with van der Waals surface area (Å²) in [4.78, 5) is 11.1. The molecule has 0 aromatic rings. The number of methoxy groups -OCH3 is 1. The molecule has 0 spiro atoms. The lowest BCUT2D eigenvalue weighted by atomic mass is 10.0. The Morgan fingerprint density at radius 2 is 2.54 bits per heavy atom. The number of nitrogens with one attached hydrogen (secondary N) is 1. The molecule has 1 N–H and O–H groups in total. The molecule has 1 fully saturated rings. The van der Waals surface area contributed by atoms with Crippen LogP contribution in [-0.2, 0) is 14.3 Å². The fraction of sp³-hybridized carbons (Fsp3) is 0.889. The lowest BCUT2D eigenvalue weighted by Crippen LogP contribution is -2.42. The van der Waals surface area contributed by atoms with Crippen molar-refractivity contribution in [1.29, 1.82) is 0 Å². The van der Waals surface area contributed by atoms with Gasteiger partial charge in [-0.05, 0) is 6.42 Å². The van der Waals surface area contributed by atoms with E-state index in [1.807, 2.05) is 6.92 Å². The molecule has 1 saturated heterocycles. The van der Waals surface area contributed by atoms with E-state index in [9.17, 15) is 4.79 Å². The average molecular weight is 187 g/mol. The van der Waals surface area contributed by atoms with Gasteiger partial charge < -0.3 is 14.8 Å². The van der Waals surface area contributed by atoms with Crippen LogP contribution in [0.15, 0.2) is 0 Å². The zero-order valence-corrected chi connectivity index (χ0v) is 8.21. The van der Waals surface area contributed by atoms with Gasteiger partial charge in [0.2, 0.25) is 0 Å². The van der Waals surface area contributed by atoms with Crippen molar-refractivity contribution in [1.82, 2.24) is 5.32 Å². The first-order valence-electron chi connectivity index (χ1n) is 4.63. The molecule has 0 aromatic heterocycles. The highest BCUT2D eigenvalue weighted by atomic mass is 16.5. The van der Waals surface area contributed by atoms with E-state index < -0.39 is 0 Å². The van der Waals surface area contributed by atoms with Gasteiger partial charge in [0, 0.05) is 12.6 Å². The standard InChI is InChI=1S/C9H17NO3/c1-7(9(11)12-2)5-8-6-13-4-3-10-8/h7-8,10H,3-6H2,1-2H3. The normalized spacial score (nSPS) is 25.2. The van der Waals surface area contributed by atoms with Crippen LogP contribution in [0.4, 0.5) is 0 Å². The van der Waals surface area contributed by atoms with Crippen molar-refractivity contribution in [3.8, 4) is 0 Å². The third-order valence-corrected chi connectivity index (χ3v) is 2.24. The second-order valence-electron chi connectivity index (χ2n) is 3.39. The molecule has 13 heavy (non-hydrogen) atoms. The van der Waals surface area contributed by atoms with Crippen molar-refractivity contribution in [2.75, 3.05) is 26.9 Å². The van der Waals surface area contributed by atoms with E-state index in [0.29, 0.717) is 12.6 Å². The molecule has 0 aliphatic carbocycles. The van der Waals surface area contributed by atoms with Gasteiger partial charge >= 0.3 is 5.97 Å². The molecule has 1 aliphatic rings. The van der Waals surface area contributed by atoms with Gasteiger partial charge in [-0.2, -0.15) is 0 Å². The maximum Gasteiger partial charge on any atom is 0.308 e. The number of ether oxygens (including phenoxy) is 2. The van der Waals surface area contributed by atoms with Crippen molar-refractivity contribution in [3.63, 3.8) is 0 Å². The van der Waals surface area contributed by atoms with Crippen LogP contribution in [0.3, 0.4) is 0 Å². The molecule has 2 unspecified atom stereocenters. The van der Waals surface area contributed by atoms with E-state index in [1.165, 1.54) is 7.11 Å². The number of rotatable bonds is 3. The summed E-state index contributed by atoms with van der Waals surface area (Å²) in [7, 11) is 1.42. The Morgan fingerprint density at radius 3 is 3.08 bits per heavy atom. The molecule has 0 saturated carbocycles. The molecule has 2 atom stereocenters. The predicted molar refractivity (Wildman–Crippen MR) is 48.4 cm³/mol. The first kappa shape index (κ1) is 10.5. The molecular weight excluding hydrogens is 170 g/mol. The Balaban J connectivity index is 2.25. The summed E-state index contributed by atoms with van der Waals surface area (Å²) in [5.41, 5.74) is 0. The van der Waals surface area contributed by atoms with E-state index in [2.05, 4.69) is 10.1 Å². The second kappa shape index (κ2) is 5.19. The highest BCUT2D eigenvalue weighted by molar-refractivity contribution is 5.71. The smallest absolute Gasteiger partial charge is 0.308 e. The average Bonchev–Trinajstić information content (AvgIpc) is 2.18. The first-order valence-corrected chi connectivity index (χ1v) is 4.63. The Hall–Kier alpha value is -0.610. The topological polar surface area (TPSA) is 47.6 Å². The zero-order valence-electron chi connectivity index (χ0n) is 8.21. The lowest BCUT2D eigenvalue weighted by Gasteiger charge is -2.25. The molecule has 76 valence electrons. The van der Waals surface area contributed by atoms with Crippen LogP contribution in [0.1, 0.15) is 13.3 Å². The molecule has 1 heterocycles. The maximum absolute atomic E-state index is 11.1. The van der Waals surface area contributed by atoms with E-state index in [4.69, 9.17) is 4.74 Å². The minimum absolute atomic E-state index is 0.0517. The van der Waals surface area contributed by atoms with E-state index >= 15 is 0 Å². The van der Waals surface area contributed by atoms with Gasteiger partial charge in [-0.3, -0.25) is 4.79 Å². The molecule has 1 rings (SSSR count). The van der Waals surface area contributed by atoms with Gasteiger partial charge in [0.15, 0.2) is 0 Å². The second-order valence-corrected chi connectivity index (χ2v) is 3.39. The van der Waals surface area contributed by atoms with Crippen molar-refractivity contribution in [2.24, 2.45) is 5.92 Å². The Morgan fingerprint density at radius 1 is 1.77 bits per heavy atom. The lowest BCUT2D eigenvalue weighted by molar-refractivity contribution is -0.145. The van der Waals surface area contributed by atoms with E-state index in [1.54, 1.807) is 0 Å². The third-order valence-electron chi connectivity index (χ3n) is 2.24. The van der Waals surface area contributed by atoms with Crippen LogP contribution in [0.5, 0.6) is 0 Å². The minimum atomic E-state index is -0.146. The molecule has 0 bridgehead atoms. The molecule has 0 amide bonds. The number of esters is 1. The number of hydrogen-bond donors (Lipinski definition) is 1. The largest absolute Gasteiger partial charge is 0.469 e. The van der Waals surface area contributed by atoms with Crippen molar-refractivity contribution in [2.45, 2.75) is 19.4 Å². The van der Waals surface area contributed by atoms with Gasteiger partial charge in [0.05, 0.1) is 26.2 Å². The van der Waals surface area contributed by atoms with Crippen LogP contribution in [0, 0.1) is 5.92 Å². The van der Waals surface area contributed by atoms with Crippen LogP contribution in [0.25, 0.3) is 0 Å². The number of hydrogen-bond acceptors (Lipinski definition) is 4. The fourth-order valence-corrected chi connectivity index (χ4v) is 1.50. The predicted octanol–water partition coefficient (Wildman–Crippen LogP) is 0.174. The van der Waals surface area contributed by atoms with Gasteiger partial charge in [-0.1, -0.05) is 6.92 Å². The summed E-state index contributed by atoms with van der Waals surface area (Å²) in [6.45, 7) is 4.21. The third kappa shape index (κ3) is 3.32. The number of carbonyl (C=O) groups excluding carboxylic acids is 1. The van der Waals surface area contributed by atoms with E-state index in [0.717, 1.165) is 19.6 Å². The summed E-state index contributed by atoms with van der Waals surface area (Å²) in [6.07, 6.45) is 0.784. The summed E-state index contributed by atoms with van der Waals surface area (Å²) >= 11 is 0.